The van der Waals surface area contributed by atoms with Gasteiger partial charge in [0, 0.05) is 16.3 Å². The molecule has 1 amide bonds. The lowest BCUT2D eigenvalue weighted by molar-refractivity contribution is -0.119. The number of nitrogens with one attached hydrogen (secondary N) is 2. The van der Waals surface area contributed by atoms with Crippen LogP contribution in [0.4, 0.5) is 5.69 Å². The number of amides is 1. The van der Waals surface area contributed by atoms with Gasteiger partial charge in [-0.15, -0.1) is 0 Å². The number of hydrogen-bond donors (Lipinski definition) is 2. The van der Waals surface area contributed by atoms with Gasteiger partial charge in [0.2, 0.25) is 0 Å². The fourth-order valence-corrected chi connectivity index (χ4v) is 2.01. The second-order valence-electron chi connectivity index (χ2n) is 4.43. The van der Waals surface area contributed by atoms with Gasteiger partial charge >= 0.3 is 0 Å². The minimum absolute atomic E-state index is 0.156. The highest BCUT2D eigenvalue weighted by Crippen LogP contribution is 2.15. The van der Waals surface area contributed by atoms with Crippen molar-refractivity contribution in [2.45, 2.75) is 6.92 Å². The molecule has 0 fully saturated rings. The smallest absolute Gasteiger partial charge is 0.259 e. The largest absolute Gasteiger partial charge is 0.376 e. The van der Waals surface area contributed by atoms with Gasteiger partial charge in [0.25, 0.3) is 5.91 Å². The van der Waals surface area contributed by atoms with Gasteiger partial charge in [0.15, 0.2) is 0 Å². The molecule has 0 aliphatic carbocycles. The van der Waals surface area contributed by atoms with Gasteiger partial charge in [0.05, 0.1) is 12.3 Å². The maximum atomic E-state index is 11.7. The summed E-state index contributed by atoms with van der Waals surface area (Å²) in [5, 5.41) is 7.68. The van der Waals surface area contributed by atoms with Crippen LogP contribution in [0.25, 0.3) is 0 Å². The average molecular weight is 302 g/mol. The normalized spacial score (nSPS) is 11.0. The van der Waals surface area contributed by atoms with Crippen LogP contribution >= 0.6 is 11.6 Å². The number of hydrogen-bond acceptors (Lipinski definition) is 3. The Hall–Kier alpha value is -2.33. The van der Waals surface area contributed by atoms with Crippen LogP contribution < -0.4 is 10.7 Å². The number of rotatable bonds is 5. The molecule has 0 saturated heterocycles. The van der Waals surface area contributed by atoms with Gasteiger partial charge in [-0.3, -0.25) is 4.79 Å². The van der Waals surface area contributed by atoms with E-state index in [0.29, 0.717) is 10.7 Å². The lowest BCUT2D eigenvalue weighted by Crippen LogP contribution is -2.26. The van der Waals surface area contributed by atoms with Crippen molar-refractivity contribution < 1.29 is 4.79 Å². The van der Waals surface area contributed by atoms with Crippen LogP contribution in [-0.2, 0) is 4.79 Å². The summed E-state index contributed by atoms with van der Waals surface area (Å²) in [4.78, 5) is 11.7. The SMILES string of the molecule is C/C(=N/NC(=O)CNc1ccccc1)c1ccccc1Cl. The van der Waals surface area contributed by atoms with Crippen molar-refractivity contribution in [2.75, 3.05) is 11.9 Å². The van der Waals surface area contributed by atoms with Crippen molar-refractivity contribution in [2.24, 2.45) is 5.10 Å². The summed E-state index contributed by atoms with van der Waals surface area (Å²) in [6.45, 7) is 1.95. The van der Waals surface area contributed by atoms with Crippen LogP contribution in [0.3, 0.4) is 0 Å². The zero-order chi connectivity index (χ0) is 15.1. The number of hydrazone groups is 1. The molecule has 2 N–H and O–H groups in total. The Balaban J connectivity index is 1.88. The molecule has 0 unspecified atom stereocenters. The van der Waals surface area contributed by atoms with E-state index in [1.807, 2.05) is 48.5 Å². The lowest BCUT2D eigenvalue weighted by Gasteiger charge is -2.06. The molecule has 4 nitrogen and oxygen atoms in total. The summed E-state index contributed by atoms with van der Waals surface area (Å²) in [6, 6.07) is 16.9. The number of anilines is 1. The number of para-hydroxylation sites is 1. The van der Waals surface area contributed by atoms with Crippen molar-refractivity contribution in [3.63, 3.8) is 0 Å². The minimum atomic E-state index is -0.217. The van der Waals surface area contributed by atoms with Gasteiger partial charge in [-0.25, -0.2) is 5.43 Å². The third-order valence-electron chi connectivity index (χ3n) is 2.84. The first kappa shape index (κ1) is 15.1. The van der Waals surface area contributed by atoms with Crippen LogP contribution in [-0.4, -0.2) is 18.2 Å². The Kier molecular flexibility index (Phi) is 5.35. The zero-order valence-electron chi connectivity index (χ0n) is 11.6. The maximum absolute atomic E-state index is 11.7. The topological polar surface area (TPSA) is 53.5 Å². The Morgan fingerprint density at radius 1 is 1.10 bits per heavy atom. The highest BCUT2D eigenvalue weighted by molar-refractivity contribution is 6.34. The monoisotopic (exact) mass is 301 g/mol. The molecule has 0 aromatic heterocycles. The van der Waals surface area contributed by atoms with E-state index in [-0.39, 0.29) is 12.5 Å². The molecule has 0 spiro atoms. The van der Waals surface area contributed by atoms with Crippen LogP contribution in [0.2, 0.25) is 5.02 Å². The Morgan fingerprint density at radius 2 is 1.76 bits per heavy atom. The highest BCUT2D eigenvalue weighted by Gasteiger charge is 2.04. The molecule has 21 heavy (non-hydrogen) atoms. The highest BCUT2D eigenvalue weighted by atomic mass is 35.5. The van der Waals surface area contributed by atoms with Crippen molar-refractivity contribution in [1.82, 2.24) is 5.43 Å². The van der Waals surface area contributed by atoms with Crippen LogP contribution in [0.1, 0.15) is 12.5 Å². The molecular formula is C16H16ClN3O. The number of nitrogens with zero attached hydrogens (tertiary/aromatic N) is 1. The van der Waals surface area contributed by atoms with E-state index in [9.17, 15) is 4.79 Å². The predicted molar refractivity (Wildman–Crippen MR) is 86.7 cm³/mol. The van der Waals surface area contributed by atoms with E-state index in [4.69, 9.17) is 11.6 Å². The van der Waals surface area contributed by atoms with Gasteiger partial charge in [-0.2, -0.15) is 5.10 Å². The van der Waals surface area contributed by atoms with E-state index in [2.05, 4.69) is 15.8 Å². The van der Waals surface area contributed by atoms with Gasteiger partial charge in [-0.1, -0.05) is 48.0 Å². The lowest BCUT2D eigenvalue weighted by atomic mass is 10.1. The maximum Gasteiger partial charge on any atom is 0.259 e. The van der Waals surface area contributed by atoms with E-state index in [0.717, 1.165) is 11.3 Å². The molecule has 2 rings (SSSR count). The first-order chi connectivity index (χ1) is 10.2. The molecule has 0 atom stereocenters. The summed E-state index contributed by atoms with van der Waals surface area (Å²) in [6.07, 6.45) is 0. The van der Waals surface area contributed by atoms with Gasteiger partial charge < -0.3 is 5.32 Å². The van der Waals surface area contributed by atoms with Crippen molar-refractivity contribution in [3.8, 4) is 0 Å². The zero-order valence-corrected chi connectivity index (χ0v) is 12.4. The first-order valence-electron chi connectivity index (χ1n) is 6.54. The fourth-order valence-electron chi connectivity index (χ4n) is 1.74. The molecule has 5 heteroatoms. The summed E-state index contributed by atoms with van der Waals surface area (Å²) >= 11 is 6.07. The summed E-state index contributed by atoms with van der Waals surface area (Å²) < 4.78 is 0. The molecule has 2 aromatic carbocycles. The number of carbonyl (C=O) groups excluding carboxylic acids is 1. The third-order valence-corrected chi connectivity index (χ3v) is 3.17. The molecule has 0 radical (unpaired) electrons. The molecular weight excluding hydrogens is 286 g/mol. The second kappa shape index (κ2) is 7.45. The molecule has 108 valence electrons. The Bertz CT molecular complexity index is 641. The average Bonchev–Trinajstić information content (AvgIpc) is 2.52. The van der Waals surface area contributed by atoms with Gasteiger partial charge in [-0.05, 0) is 25.1 Å². The quantitative estimate of drug-likeness (QED) is 0.658. The number of benzene rings is 2. The molecule has 0 saturated carbocycles. The molecule has 0 heterocycles. The van der Waals surface area contributed by atoms with E-state index in [1.54, 1.807) is 13.0 Å². The van der Waals surface area contributed by atoms with Crippen LogP contribution in [0.5, 0.6) is 0 Å². The van der Waals surface area contributed by atoms with Crippen LogP contribution in [0.15, 0.2) is 59.7 Å². The third kappa shape index (κ3) is 4.61. The van der Waals surface area contributed by atoms with E-state index >= 15 is 0 Å². The van der Waals surface area contributed by atoms with Crippen molar-refractivity contribution >= 4 is 28.9 Å². The molecule has 2 aromatic rings. The Morgan fingerprint density at radius 3 is 2.48 bits per heavy atom. The Labute approximate surface area is 128 Å². The van der Waals surface area contributed by atoms with E-state index in [1.165, 1.54) is 0 Å². The summed E-state index contributed by atoms with van der Waals surface area (Å²) in [7, 11) is 0. The second-order valence-corrected chi connectivity index (χ2v) is 4.84. The van der Waals surface area contributed by atoms with Crippen molar-refractivity contribution in [3.05, 3.63) is 65.2 Å². The van der Waals surface area contributed by atoms with Crippen LogP contribution in [0, 0.1) is 0 Å². The van der Waals surface area contributed by atoms with E-state index < -0.39 is 0 Å². The standard InChI is InChI=1S/C16H16ClN3O/c1-12(14-9-5-6-10-15(14)17)19-20-16(21)11-18-13-7-3-2-4-8-13/h2-10,18H,11H2,1H3,(H,20,21)/b19-12-. The fraction of sp³-hybridized carbons (Fsp3) is 0.125. The van der Waals surface area contributed by atoms with Crippen molar-refractivity contribution in [1.29, 1.82) is 0 Å². The summed E-state index contributed by atoms with van der Waals surface area (Å²) in [5.41, 5.74) is 4.86. The predicted octanol–water partition coefficient (Wildman–Crippen LogP) is 3.29. The number of carbonyl (C=O) groups is 1. The minimum Gasteiger partial charge on any atom is -0.376 e. The molecule has 0 bridgehead atoms. The molecule has 0 aliphatic rings. The first-order valence-corrected chi connectivity index (χ1v) is 6.91. The number of halogens is 1. The van der Waals surface area contributed by atoms with Gasteiger partial charge in [0.1, 0.15) is 0 Å². The summed E-state index contributed by atoms with van der Waals surface area (Å²) in [5.74, 6) is -0.217. The molecule has 0 aliphatic heterocycles.